The standard InChI is InChI=1S/C12H9BrClNO4S2/c1-6-11(5-10(20-6)12(16)17)21(18,19)15-9-4-7(14)2-3-8(9)13/h2-5,15H,1H3,(H,16,17). The van der Waals surface area contributed by atoms with E-state index in [0.717, 1.165) is 17.4 Å². The maximum Gasteiger partial charge on any atom is 0.345 e. The third kappa shape index (κ3) is 3.57. The van der Waals surface area contributed by atoms with Crippen LogP contribution in [0.3, 0.4) is 0 Å². The summed E-state index contributed by atoms with van der Waals surface area (Å²) in [4.78, 5) is 11.2. The number of aromatic carboxylic acids is 1. The summed E-state index contributed by atoms with van der Waals surface area (Å²) in [7, 11) is -3.89. The predicted octanol–water partition coefficient (Wildman–Crippen LogP) is 3.97. The Kier molecular flexibility index (Phi) is 4.62. The number of carboxylic acid groups (broad SMARTS) is 1. The van der Waals surface area contributed by atoms with Gasteiger partial charge in [0.15, 0.2) is 0 Å². The van der Waals surface area contributed by atoms with Gasteiger partial charge in [-0.25, -0.2) is 13.2 Å². The lowest BCUT2D eigenvalue weighted by Crippen LogP contribution is -2.13. The first kappa shape index (κ1) is 16.3. The van der Waals surface area contributed by atoms with E-state index in [9.17, 15) is 13.2 Å². The van der Waals surface area contributed by atoms with E-state index in [1.807, 2.05) is 0 Å². The molecular formula is C12H9BrClNO4S2. The van der Waals surface area contributed by atoms with Crippen LogP contribution in [0.1, 0.15) is 14.5 Å². The van der Waals surface area contributed by atoms with Crippen LogP contribution in [-0.2, 0) is 10.0 Å². The number of halogens is 2. The normalized spacial score (nSPS) is 11.4. The molecule has 5 nitrogen and oxygen atoms in total. The topological polar surface area (TPSA) is 83.5 Å². The van der Waals surface area contributed by atoms with Crippen LogP contribution in [0.2, 0.25) is 5.02 Å². The lowest BCUT2D eigenvalue weighted by Gasteiger charge is -2.09. The number of carboxylic acids is 1. The number of hydrogen-bond donors (Lipinski definition) is 2. The van der Waals surface area contributed by atoms with E-state index < -0.39 is 16.0 Å². The fraction of sp³-hybridized carbons (Fsp3) is 0.0833. The molecule has 0 unspecified atom stereocenters. The first-order chi connectivity index (χ1) is 9.70. The number of sulfonamides is 1. The van der Waals surface area contributed by atoms with E-state index in [4.69, 9.17) is 16.7 Å². The number of benzene rings is 1. The number of rotatable bonds is 4. The quantitative estimate of drug-likeness (QED) is 0.799. The molecule has 2 N–H and O–H groups in total. The second-order valence-corrected chi connectivity index (χ2v) is 8.26. The molecule has 0 aliphatic heterocycles. The summed E-state index contributed by atoms with van der Waals surface area (Å²) in [5.41, 5.74) is 0.282. The van der Waals surface area contributed by atoms with Gasteiger partial charge in [0.2, 0.25) is 0 Å². The summed E-state index contributed by atoms with van der Waals surface area (Å²) in [6.45, 7) is 1.55. The van der Waals surface area contributed by atoms with E-state index in [1.54, 1.807) is 19.1 Å². The predicted molar refractivity (Wildman–Crippen MR) is 86.0 cm³/mol. The molecule has 0 spiro atoms. The monoisotopic (exact) mass is 409 g/mol. The van der Waals surface area contributed by atoms with Crippen molar-refractivity contribution in [1.82, 2.24) is 0 Å². The number of nitrogens with one attached hydrogen (secondary N) is 1. The fourth-order valence-electron chi connectivity index (χ4n) is 1.61. The molecule has 9 heteroatoms. The number of hydrogen-bond acceptors (Lipinski definition) is 4. The van der Waals surface area contributed by atoms with Crippen molar-refractivity contribution in [2.45, 2.75) is 11.8 Å². The molecule has 2 rings (SSSR count). The van der Waals surface area contributed by atoms with Gasteiger partial charge in [-0.05, 0) is 47.1 Å². The first-order valence-corrected chi connectivity index (χ1v) is 8.99. The third-order valence-electron chi connectivity index (χ3n) is 2.55. The molecule has 0 saturated heterocycles. The maximum absolute atomic E-state index is 12.4. The molecule has 1 aromatic carbocycles. The van der Waals surface area contributed by atoms with Crippen LogP contribution in [0.15, 0.2) is 33.6 Å². The molecule has 0 fully saturated rings. The van der Waals surface area contributed by atoms with Gasteiger partial charge < -0.3 is 5.11 Å². The molecule has 0 radical (unpaired) electrons. The fourth-order valence-corrected chi connectivity index (χ4v) is 4.76. The zero-order valence-electron chi connectivity index (χ0n) is 10.6. The highest BCUT2D eigenvalue weighted by molar-refractivity contribution is 9.10. The van der Waals surface area contributed by atoms with Gasteiger partial charge in [0.1, 0.15) is 9.77 Å². The molecule has 0 bridgehead atoms. The second-order valence-electron chi connectivity index (χ2n) is 4.07. The minimum absolute atomic E-state index is 0.0296. The lowest BCUT2D eigenvalue weighted by atomic mass is 10.3. The van der Waals surface area contributed by atoms with Crippen LogP contribution >= 0.6 is 38.9 Å². The molecule has 112 valence electrons. The van der Waals surface area contributed by atoms with Crippen LogP contribution in [0, 0.1) is 6.92 Å². The van der Waals surface area contributed by atoms with E-state index >= 15 is 0 Å². The summed E-state index contributed by atoms with van der Waals surface area (Å²) in [6, 6.07) is 5.83. The smallest absolute Gasteiger partial charge is 0.345 e. The SMILES string of the molecule is Cc1sc(C(=O)O)cc1S(=O)(=O)Nc1cc(Cl)ccc1Br. The molecule has 0 aliphatic carbocycles. The third-order valence-corrected chi connectivity index (χ3v) is 6.13. The van der Waals surface area contributed by atoms with Crippen molar-refractivity contribution in [2.24, 2.45) is 0 Å². The van der Waals surface area contributed by atoms with Crippen LogP contribution in [0.5, 0.6) is 0 Å². The number of aryl methyl sites for hydroxylation is 1. The van der Waals surface area contributed by atoms with E-state index in [0.29, 0.717) is 14.4 Å². The molecule has 0 amide bonds. The van der Waals surface area contributed by atoms with Gasteiger partial charge in [0.25, 0.3) is 10.0 Å². The largest absolute Gasteiger partial charge is 0.477 e. The van der Waals surface area contributed by atoms with Crippen molar-refractivity contribution in [1.29, 1.82) is 0 Å². The molecule has 2 aromatic rings. The van der Waals surface area contributed by atoms with Gasteiger partial charge in [0.05, 0.1) is 5.69 Å². The maximum atomic E-state index is 12.4. The van der Waals surface area contributed by atoms with Gasteiger partial charge in [0, 0.05) is 14.4 Å². The Morgan fingerprint density at radius 1 is 1.38 bits per heavy atom. The molecule has 1 aromatic heterocycles. The highest BCUT2D eigenvalue weighted by Crippen LogP contribution is 2.31. The number of thiophene rings is 1. The van der Waals surface area contributed by atoms with Crippen LogP contribution < -0.4 is 4.72 Å². The van der Waals surface area contributed by atoms with Crippen molar-refractivity contribution in [3.05, 3.63) is 43.5 Å². The average Bonchev–Trinajstić information content (AvgIpc) is 2.77. The average molecular weight is 411 g/mol. The number of anilines is 1. The van der Waals surface area contributed by atoms with Crippen molar-refractivity contribution in [3.8, 4) is 0 Å². The van der Waals surface area contributed by atoms with Crippen molar-refractivity contribution in [3.63, 3.8) is 0 Å². The zero-order chi connectivity index (χ0) is 15.8. The summed E-state index contributed by atoms with van der Waals surface area (Å²) in [5, 5.41) is 9.31. The number of carbonyl (C=O) groups is 1. The molecular weight excluding hydrogens is 402 g/mol. The van der Waals surface area contributed by atoms with Gasteiger partial charge in [-0.15, -0.1) is 11.3 Å². The zero-order valence-corrected chi connectivity index (χ0v) is 14.5. The Labute approximate surface area is 138 Å². The Hall–Kier alpha value is -1.09. The lowest BCUT2D eigenvalue weighted by molar-refractivity contribution is 0.0702. The van der Waals surface area contributed by atoms with Gasteiger partial charge in [-0.1, -0.05) is 11.6 Å². The Balaban J connectivity index is 2.43. The highest BCUT2D eigenvalue weighted by atomic mass is 79.9. The van der Waals surface area contributed by atoms with Gasteiger partial charge >= 0.3 is 5.97 Å². The van der Waals surface area contributed by atoms with E-state index in [2.05, 4.69) is 20.7 Å². The second kappa shape index (κ2) is 5.96. The van der Waals surface area contributed by atoms with Crippen molar-refractivity contribution in [2.75, 3.05) is 4.72 Å². The summed E-state index contributed by atoms with van der Waals surface area (Å²) < 4.78 is 27.6. The summed E-state index contributed by atoms with van der Waals surface area (Å²) >= 11 is 9.97. The minimum atomic E-state index is -3.89. The van der Waals surface area contributed by atoms with Crippen molar-refractivity contribution >= 4 is 60.5 Å². The van der Waals surface area contributed by atoms with Gasteiger partial charge in [-0.3, -0.25) is 4.72 Å². The Morgan fingerprint density at radius 2 is 2.05 bits per heavy atom. The van der Waals surface area contributed by atoms with Crippen LogP contribution in [0.4, 0.5) is 5.69 Å². The van der Waals surface area contributed by atoms with Crippen LogP contribution in [0.25, 0.3) is 0 Å². The Bertz CT molecular complexity index is 817. The minimum Gasteiger partial charge on any atom is -0.477 e. The molecule has 1 heterocycles. The molecule has 0 saturated carbocycles. The molecule has 0 aliphatic rings. The first-order valence-electron chi connectivity index (χ1n) is 5.52. The molecule has 21 heavy (non-hydrogen) atoms. The highest BCUT2D eigenvalue weighted by Gasteiger charge is 2.23. The summed E-state index contributed by atoms with van der Waals surface area (Å²) in [5.74, 6) is -1.16. The molecule has 0 atom stereocenters. The van der Waals surface area contributed by atoms with Gasteiger partial charge in [-0.2, -0.15) is 0 Å². The Morgan fingerprint density at radius 3 is 2.62 bits per heavy atom. The van der Waals surface area contributed by atoms with E-state index in [1.165, 1.54) is 6.07 Å². The van der Waals surface area contributed by atoms with E-state index in [-0.39, 0.29) is 15.5 Å². The summed E-state index contributed by atoms with van der Waals surface area (Å²) in [6.07, 6.45) is 0. The van der Waals surface area contributed by atoms with Crippen molar-refractivity contribution < 1.29 is 18.3 Å². The van der Waals surface area contributed by atoms with Crippen LogP contribution in [-0.4, -0.2) is 19.5 Å².